The minimum absolute atomic E-state index is 0.0547. The number of carbonyl (C=O) groups is 1. The van der Waals surface area contributed by atoms with Gasteiger partial charge in [0, 0.05) is 35.0 Å². The van der Waals surface area contributed by atoms with Crippen molar-refractivity contribution >= 4 is 33.6 Å². The standard InChI is InChI=1S/C20H16N4O3S/c1-13-7-8-15(24(26)27)9-17(13)21-19(25)10-16-12-28-20-22-18(11-23(16)20)14-5-3-2-4-6-14/h2-9,11-12H,10H2,1H3,(H,21,25). The van der Waals surface area contributed by atoms with Crippen LogP contribution in [0.5, 0.6) is 0 Å². The van der Waals surface area contributed by atoms with E-state index in [2.05, 4.69) is 10.3 Å². The van der Waals surface area contributed by atoms with Gasteiger partial charge in [-0.2, -0.15) is 0 Å². The van der Waals surface area contributed by atoms with Crippen LogP contribution in [0.2, 0.25) is 0 Å². The average molecular weight is 392 g/mol. The maximum absolute atomic E-state index is 12.5. The number of benzene rings is 2. The molecule has 0 spiro atoms. The van der Waals surface area contributed by atoms with Gasteiger partial charge in [0.1, 0.15) is 0 Å². The molecule has 8 heteroatoms. The molecule has 0 fully saturated rings. The van der Waals surface area contributed by atoms with Gasteiger partial charge in [-0.25, -0.2) is 4.98 Å². The number of nitro benzene ring substituents is 1. The molecule has 1 amide bonds. The van der Waals surface area contributed by atoms with E-state index in [0.29, 0.717) is 5.69 Å². The molecule has 0 aliphatic heterocycles. The molecule has 0 aliphatic rings. The monoisotopic (exact) mass is 392 g/mol. The van der Waals surface area contributed by atoms with E-state index in [0.717, 1.165) is 27.5 Å². The average Bonchev–Trinajstić information content (AvgIpc) is 3.26. The van der Waals surface area contributed by atoms with E-state index in [9.17, 15) is 14.9 Å². The van der Waals surface area contributed by atoms with Crippen LogP contribution in [-0.4, -0.2) is 20.2 Å². The molecule has 0 aliphatic carbocycles. The lowest BCUT2D eigenvalue weighted by molar-refractivity contribution is -0.384. The van der Waals surface area contributed by atoms with Crippen molar-refractivity contribution < 1.29 is 9.72 Å². The summed E-state index contributed by atoms with van der Waals surface area (Å²) < 4.78 is 1.91. The van der Waals surface area contributed by atoms with Crippen molar-refractivity contribution in [2.75, 3.05) is 5.32 Å². The second kappa shape index (κ2) is 7.24. The second-order valence-electron chi connectivity index (χ2n) is 6.35. The lowest BCUT2D eigenvalue weighted by Crippen LogP contribution is -2.16. The molecule has 4 aromatic rings. The van der Waals surface area contributed by atoms with Crippen LogP contribution < -0.4 is 5.32 Å². The molecular weight excluding hydrogens is 376 g/mol. The van der Waals surface area contributed by atoms with Gasteiger partial charge in [0.2, 0.25) is 5.91 Å². The van der Waals surface area contributed by atoms with Gasteiger partial charge in [0.25, 0.3) is 5.69 Å². The number of imidazole rings is 1. The van der Waals surface area contributed by atoms with Crippen LogP contribution in [0, 0.1) is 17.0 Å². The van der Waals surface area contributed by atoms with E-state index in [4.69, 9.17) is 0 Å². The number of rotatable bonds is 5. The van der Waals surface area contributed by atoms with Crippen molar-refractivity contribution in [1.82, 2.24) is 9.38 Å². The molecule has 2 aromatic carbocycles. The Morgan fingerprint density at radius 1 is 1.25 bits per heavy atom. The normalized spacial score (nSPS) is 10.9. The Morgan fingerprint density at radius 2 is 2.04 bits per heavy atom. The summed E-state index contributed by atoms with van der Waals surface area (Å²) in [5, 5.41) is 15.6. The largest absolute Gasteiger partial charge is 0.325 e. The summed E-state index contributed by atoms with van der Waals surface area (Å²) in [5.41, 5.74) is 3.84. The highest BCUT2D eigenvalue weighted by Crippen LogP contribution is 2.25. The number of aromatic nitrogens is 2. The van der Waals surface area contributed by atoms with E-state index in [1.165, 1.54) is 23.5 Å². The van der Waals surface area contributed by atoms with Crippen LogP contribution in [0.1, 0.15) is 11.3 Å². The van der Waals surface area contributed by atoms with Gasteiger partial charge in [-0.15, -0.1) is 11.3 Å². The Bertz CT molecular complexity index is 1180. The minimum atomic E-state index is -0.478. The van der Waals surface area contributed by atoms with E-state index in [1.807, 2.05) is 46.3 Å². The second-order valence-corrected chi connectivity index (χ2v) is 7.19. The molecule has 2 aromatic heterocycles. The fraction of sp³-hybridized carbons (Fsp3) is 0.100. The molecule has 0 saturated heterocycles. The highest BCUT2D eigenvalue weighted by atomic mass is 32.1. The number of amides is 1. The lowest BCUT2D eigenvalue weighted by Gasteiger charge is -2.08. The number of carbonyl (C=O) groups excluding carboxylic acids is 1. The molecule has 4 rings (SSSR count). The van der Waals surface area contributed by atoms with Gasteiger partial charge in [0.05, 0.1) is 22.7 Å². The van der Waals surface area contributed by atoms with Gasteiger partial charge in [-0.3, -0.25) is 19.3 Å². The molecule has 2 heterocycles. The number of nitrogens with zero attached hydrogens (tertiary/aromatic N) is 3. The van der Waals surface area contributed by atoms with Crippen molar-refractivity contribution in [3.63, 3.8) is 0 Å². The van der Waals surface area contributed by atoms with Crippen LogP contribution in [0.25, 0.3) is 16.2 Å². The Kier molecular flexibility index (Phi) is 4.62. The summed E-state index contributed by atoms with van der Waals surface area (Å²) in [4.78, 5) is 28.4. The van der Waals surface area contributed by atoms with Crippen molar-refractivity contribution in [2.24, 2.45) is 0 Å². The Balaban J connectivity index is 1.55. The predicted molar refractivity (Wildman–Crippen MR) is 109 cm³/mol. The summed E-state index contributed by atoms with van der Waals surface area (Å²) >= 11 is 1.47. The molecule has 140 valence electrons. The van der Waals surface area contributed by atoms with E-state index in [-0.39, 0.29) is 18.0 Å². The highest BCUT2D eigenvalue weighted by Gasteiger charge is 2.15. The van der Waals surface area contributed by atoms with Gasteiger partial charge in [-0.1, -0.05) is 36.4 Å². The van der Waals surface area contributed by atoms with Gasteiger partial charge < -0.3 is 5.32 Å². The van der Waals surface area contributed by atoms with Gasteiger partial charge >= 0.3 is 0 Å². The minimum Gasteiger partial charge on any atom is -0.325 e. The third-order valence-electron chi connectivity index (χ3n) is 4.40. The molecule has 0 radical (unpaired) electrons. The Morgan fingerprint density at radius 3 is 2.79 bits per heavy atom. The number of hydrogen-bond donors (Lipinski definition) is 1. The number of non-ortho nitro benzene ring substituents is 1. The zero-order valence-corrected chi connectivity index (χ0v) is 15.8. The van der Waals surface area contributed by atoms with Crippen LogP contribution in [0.4, 0.5) is 11.4 Å². The van der Waals surface area contributed by atoms with Crippen molar-refractivity contribution in [1.29, 1.82) is 0 Å². The van der Waals surface area contributed by atoms with Crippen molar-refractivity contribution in [3.05, 3.63) is 81.5 Å². The maximum Gasteiger partial charge on any atom is 0.271 e. The number of thiazole rings is 1. The molecule has 0 unspecified atom stereocenters. The molecule has 0 atom stereocenters. The molecule has 0 bridgehead atoms. The van der Waals surface area contributed by atoms with E-state index < -0.39 is 4.92 Å². The van der Waals surface area contributed by atoms with Crippen molar-refractivity contribution in [2.45, 2.75) is 13.3 Å². The molecular formula is C20H16N4O3S. The molecule has 0 saturated carbocycles. The first kappa shape index (κ1) is 17.9. The number of fused-ring (bicyclic) bond motifs is 1. The van der Waals surface area contributed by atoms with Crippen LogP contribution >= 0.6 is 11.3 Å². The Labute approximate surface area is 164 Å². The van der Waals surface area contributed by atoms with Gasteiger partial charge in [0.15, 0.2) is 4.96 Å². The zero-order valence-electron chi connectivity index (χ0n) is 15.0. The first-order valence-electron chi connectivity index (χ1n) is 8.57. The van der Waals surface area contributed by atoms with E-state index in [1.54, 1.807) is 13.0 Å². The van der Waals surface area contributed by atoms with Gasteiger partial charge in [-0.05, 0) is 12.5 Å². The fourth-order valence-electron chi connectivity index (χ4n) is 2.92. The zero-order chi connectivity index (χ0) is 19.7. The summed E-state index contributed by atoms with van der Waals surface area (Å²) in [6, 6.07) is 14.3. The molecule has 7 nitrogen and oxygen atoms in total. The SMILES string of the molecule is Cc1ccc([N+](=O)[O-])cc1NC(=O)Cc1csc2nc(-c3ccccc3)cn12. The number of hydrogen-bond acceptors (Lipinski definition) is 5. The highest BCUT2D eigenvalue weighted by molar-refractivity contribution is 7.15. The summed E-state index contributed by atoms with van der Waals surface area (Å²) in [6.45, 7) is 1.80. The maximum atomic E-state index is 12.5. The predicted octanol–water partition coefficient (Wildman–Crippen LogP) is 4.46. The quantitative estimate of drug-likeness (QED) is 0.401. The van der Waals surface area contributed by atoms with Crippen LogP contribution in [-0.2, 0) is 11.2 Å². The third kappa shape index (κ3) is 3.49. The summed E-state index contributed by atoms with van der Waals surface area (Å²) in [6.07, 6.45) is 2.06. The fourth-order valence-corrected chi connectivity index (χ4v) is 3.79. The van der Waals surface area contributed by atoms with Crippen LogP contribution in [0.15, 0.2) is 60.1 Å². The lowest BCUT2D eigenvalue weighted by atomic mass is 10.1. The summed E-state index contributed by atoms with van der Waals surface area (Å²) in [5.74, 6) is -0.238. The number of anilines is 1. The number of nitro groups is 1. The smallest absolute Gasteiger partial charge is 0.271 e. The molecule has 1 N–H and O–H groups in total. The number of nitrogens with one attached hydrogen (secondary N) is 1. The Hall–Kier alpha value is -3.52. The first-order chi connectivity index (χ1) is 13.5. The molecule has 28 heavy (non-hydrogen) atoms. The number of aryl methyl sites for hydroxylation is 1. The van der Waals surface area contributed by atoms with Crippen LogP contribution in [0.3, 0.4) is 0 Å². The third-order valence-corrected chi connectivity index (χ3v) is 5.29. The van der Waals surface area contributed by atoms with E-state index >= 15 is 0 Å². The topological polar surface area (TPSA) is 89.5 Å². The first-order valence-corrected chi connectivity index (χ1v) is 9.45. The van der Waals surface area contributed by atoms with Crippen molar-refractivity contribution in [3.8, 4) is 11.3 Å². The summed E-state index contributed by atoms with van der Waals surface area (Å²) in [7, 11) is 0.